The molecule has 1 aliphatic carbocycles. The molecule has 2 aromatic heterocycles. The first-order valence-corrected chi connectivity index (χ1v) is 15.0. The molecule has 3 aromatic rings. The summed E-state index contributed by atoms with van der Waals surface area (Å²) in [5.74, 6) is 0.256. The minimum absolute atomic E-state index is 0.0841. The number of hydrogen-bond donors (Lipinski definition) is 3. The van der Waals surface area contributed by atoms with Crippen LogP contribution in [0.25, 0.3) is 10.4 Å². The molecule has 1 aliphatic rings. The highest BCUT2D eigenvalue weighted by molar-refractivity contribution is 7.89. The number of amides is 1. The Bertz CT molecular complexity index is 1340. The first kappa shape index (κ1) is 28.1. The van der Waals surface area contributed by atoms with Gasteiger partial charge in [-0.15, -0.1) is 11.3 Å². The first-order valence-electron chi connectivity index (χ1n) is 12.7. The maximum atomic E-state index is 13.5. The minimum Gasteiger partial charge on any atom is -0.447 e. The van der Waals surface area contributed by atoms with Crippen molar-refractivity contribution in [2.75, 3.05) is 5.32 Å². The van der Waals surface area contributed by atoms with Gasteiger partial charge >= 0.3 is 6.09 Å². The van der Waals surface area contributed by atoms with E-state index in [9.17, 15) is 13.2 Å². The van der Waals surface area contributed by atoms with Crippen molar-refractivity contribution in [2.45, 2.75) is 88.8 Å². The molecule has 0 radical (unpaired) electrons. The third-order valence-electron chi connectivity index (χ3n) is 5.93. The van der Waals surface area contributed by atoms with Crippen molar-refractivity contribution in [2.24, 2.45) is 0 Å². The number of nitrogens with zero attached hydrogens (tertiary/aromatic N) is 2. The van der Waals surface area contributed by atoms with Gasteiger partial charge < -0.3 is 19.8 Å². The van der Waals surface area contributed by atoms with Crippen LogP contribution in [0.2, 0.25) is 0 Å². The molecule has 10 nitrogen and oxygen atoms in total. The van der Waals surface area contributed by atoms with Crippen LogP contribution in [0.3, 0.4) is 0 Å². The Labute approximate surface area is 227 Å². The lowest BCUT2D eigenvalue weighted by molar-refractivity contribution is 0.109. The molecule has 0 bridgehead atoms. The number of ether oxygens (including phenoxy) is 1. The summed E-state index contributed by atoms with van der Waals surface area (Å²) in [5, 5.41) is 6.92. The van der Waals surface area contributed by atoms with Gasteiger partial charge in [-0.3, -0.25) is 0 Å². The SMILES string of the molecule is CC(C)OC(=O)N[C@H]1CC[C@H](c2ncc(-c3ccc(Nc4ncco4)cc3S(=O)(=O)NC(C)(C)C)s2)CC1. The number of oxazole rings is 1. The number of alkyl carbamates (subject to hydrolysis) is 1. The Hall–Kier alpha value is -2.96. The summed E-state index contributed by atoms with van der Waals surface area (Å²) in [6.45, 7) is 9.06. The Balaban J connectivity index is 1.54. The number of carbonyl (C=O) groups excluding carboxylic acids is 1. The number of thiazole rings is 1. The fraction of sp³-hybridized carbons (Fsp3) is 0.500. The molecule has 0 saturated heterocycles. The van der Waals surface area contributed by atoms with Gasteiger partial charge in [-0.25, -0.2) is 27.9 Å². The van der Waals surface area contributed by atoms with Crippen LogP contribution in [0.15, 0.2) is 46.2 Å². The van der Waals surface area contributed by atoms with Gasteiger partial charge in [-0.1, -0.05) is 6.07 Å². The van der Waals surface area contributed by atoms with Crippen LogP contribution in [-0.4, -0.2) is 42.2 Å². The lowest BCUT2D eigenvalue weighted by Gasteiger charge is -2.28. The van der Waals surface area contributed by atoms with Crippen molar-refractivity contribution in [3.63, 3.8) is 0 Å². The summed E-state index contributed by atoms with van der Waals surface area (Å²) >= 11 is 1.51. The molecule has 0 unspecified atom stereocenters. The number of aromatic nitrogens is 2. The number of carbonyl (C=O) groups is 1. The fourth-order valence-electron chi connectivity index (χ4n) is 4.39. The quantitative estimate of drug-likeness (QED) is 0.315. The van der Waals surface area contributed by atoms with Crippen LogP contribution in [0.1, 0.15) is 71.2 Å². The topological polar surface area (TPSA) is 135 Å². The molecule has 1 aromatic carbocycles. The summed E-state index contributed by atoms with van der Waals surface area (Å²) in [5.41, 5.74) is 0.460. The van der Waals surface area contributed by atoms with Crippen molar-refractivity contribution in [3.05, 3.63) is 41.9 Å². The van der Waals surface area contributed by atoms with Gasteiger partial charge in [0.2, 0.25) is 10.0 Å². The van der Waals surface area contributed by atoms with E-state index in [0.29, 0.717) is 11.3 Å². The van der Waals surface area contributed by atoms with Gasteiger partial charge in [0.15, 0.2) is 0 Å². The van der Waals surface area contributed by atoms with E-state index in [1.54, 1.807) is 45.2 Å². The van der Waals surface area contributed by atoms with Gasteiger partial charge in [0.1, 0.15) is 6.26 Å². The van der Waals surface area contributed by atoms with Crippen LogP contribution in [0.5, 0.6) is 0 Å². The van der Waals surface area contributed by atoms with Crippen LogP contribution in [0, 0.1) is 0 Å². The molecule has 206 valence electrons. The fourth-order valence-corrected chi connectivity index (χ4v) is 7.25. The highest BCUT2D eigenvalue weighted by atomic mass is 32.2. The standard InChI is InChI=1S/C26H35N5O5S2/c1-16(2)36-25(32)30-18-8-6-17(7-9-18)23-28-15-21(37-23)20-11-10-19(29-24-27-12-13-35-24)14-22(20)38(33,34)31-26(3,4)5/h10-18,31H,6-9H2,1-5H3,(H,27,29)(H,30,32)/t17-,18-. The van der Waals surface area contributed by atoms with E-state index in [2.05, 4.69) is 25.3 Å². The Morgan fingerprint density at radius 1 is 1.16 bits per heavy atom. The maximum absolute atomic E-state index is 13.5. The predicted molar refractivity (Wildman–Crippen MR) is 147 cm³/mol. The lowest BCUT2D eigenvalue weighted by atomic mass is 9.86. The van der Waals surface area contributed by atoms with Gasteiger partial charge in [-0.05, 0) is 72.4 Å². The third kappa shape index (κ3) is 7.33. The van der Waals surface area contributed by atoms with Crippen molar-refractivity contribution in [1.82, 2.24) is 20.0 Å². The first-order chi connectivity index (χ1) is 17.9. The monoisotopic (exact) mass is 561 g/mol. The summed E-state index contributed by atoms with van der Waals surface area (Å²) in [4.78, 5) is 21.6. The average Bonchev–Trinajstić information content (AvgIpc) is 3.50. The summed E-state index contributed by atoms with van der Waals surface area (Å²) in [6, 6.07) is 5.51. The highest BCUT2D eigenvalue weighted by Crippen LogP contribution is 2.40. The lowest BCUT2D eigenvalue weighted by Crippen LogP contribution is -2.40. The zero-order valence-electron chi connectivity index (χ0n) is 22.3. The molecule has 0 aliphatic heterocycles. The number of nitrogens with one attached hydrogen (secondary N) is 3. The molecule has 1 amide bonds. The Morgan fingerprint density at radius 2 is 1.89 bits per heavy atom. The Kier molecular flexibility index (Phi) is 8.43. The Morgan fingerprint density at radius 3 is 2.53 bits per heavy atom. The number of sulfonamides is 1. The van der Waals surface area contributed by atoms with Gasteiger partial charge in [0.25, 0.3) is 6.01 Å². The molecule has 2 heterocycles. The van der Waals surface area contributed by atoms with E-state index >= 15 is 0 Å². The molecule has 0 atom stereocenters. The zero-order valence-corrected chi connectivity index (χ0v) is 23.9. The maximum Gasteiger partial charge on any atom is 0.407 e. The van der Waals surface area contributed by atoms with E-state index in [-0.39, 0.29) is 35.1 Å². The van der Waals surface area contributed by atoms with Crippen molar-refractivity contribution in [1.29, 1.82) is 0 Å². The van der Waals surface area contributed by atoms with Gasteiger partial charge in [0.05, 0.1) is 27.1 Å². The molecular formula is C26H35N5O5S2. The molecule has 4 rings (SSSR count). The number of hydrogen-bond acceptors (Lipinski definition) is 9. The number of benzene rings is 1. The molecule has 1 saturated carbocycles. The minimum atomic E-state index is -3.86. The molecular weight excluding hydrogens is 526 g/mol. The summed E-state index contributed by atoms with van der Waals surface area (Å²) in [7, 11) is -3.86. The molecule has 1 fully saturated rings. The van der Waals surface area contributed by atoms with Crippen LogP contribution >= 0.6 is 11.3 Å². The molecule has 0 spiro atoms. The van der Waals surface area contributed by atoms with Crippen molar-refractivity contribution >= 4 is 39.2 Å². The van der Waals surface area contributed by atoms with Gasteiger partial charge in [-0.2, -0.15) is 0 Å². The molecule has 3 N–H and O–H groups in total. The second-order valence-electron chi connectivity index (χ2n) is 10.7. The van der Waals surface area contributed by atoms with Crippen LogP contribution < -0.4 is 15.4 Å². The largest absolute Gasteiger partial charge is 0.447 e. The molecule has 12 heteroatoms. The van der Waals surface area contributed by atoms with Crippen molar-refractivity contribution < 1.29 is 22.4 Å². The molecule has 38 heavy (non-hydrogen) atoms. The summed E-state index contributed by atoms with van der Waals surface area (Å²) in [6.07, 6.45) is 7.61. The van der Waals surface area contributed by atoms with E-state index in [0.717, 1.165) is 35.6 Å². The van der Waals surface area contributed by atoms with E-state index in [1.165, 1.54) is 23.8 Å². The predicted octanol–water partition coefficient (Wildman–Crippen LogP) is 5.78. The second-order valence-corrected chi connectivity index (χ2v) is 13.5. The van der Waals surface area contributed by atoms with E-state index < -0.39 is 15.6 Å². The van der Waals surface area contributed by atoms with Crippen LogP contribution in [0.4, 0.5) is 16.5 Å². The number of anilines is 2. The third-order valence-corrected chi connectivity index (χ3v) is 8.92. The smallest absolute Gasteiger partial charge is 0.407 e. The second kappa shape index (κ2) is 11.4. The van der Waals surface area contributed by atoms with Crippen LogP contribution in [-0.2, 0) is 14.8 Å². The average molecular weight is 562 g/mol. The van der Waals surface area contributed by atoms with E-state index in [1.807, 2.05) is 13.8 Å². The highest BCUT2D eigenvalue weighted by Gasteiger charge is 2.29. The van der Waals surface area contributed by atoms with Crippen molar-refractivity contribution in [3.8, 4) is 10.4 Å². The van der Waals surface area contributed by atoms with Gasteiger partial charge in [0, 0.05) is 34.9 Å². The van der Waals surface area contributed by atoms with E-state index in [4.69, 9.17) is 9.15 Å². The number of rotatable bonds is 8. The summed E-state index contributed by atoms with van der Waals surface area (Å²) < 4.78 is 40.1. The zero-order chi connectivity index (χ0) is 27.5. The normalized spacial score (nSPS) is 18.4.